The van der Waals surface area contributed by atoms with Crippen LogP contribution < -0.4 is 4.74 Å². The lowest BCUT2D eigenvalue weighted by atomic mass is 10.1. The highest BCUT2D eigenvalue weighted by molar-refractivity contribution is 6.32. The smallest absolute Gasteiger partial charge is 0.140 e. The van der Waals surface area contributed by atoms with Crippen molar-refractivity contribution in [3.05, 3.63) is 63.9 Å². The molecule has 0 bridgehead atoms. The molecule has 0 aromatic heterocycles. The number of hydrogen-bond acceptors (Lipinski definition) is 3. The molecule has 2 rings (SSSR count). The van der Waals surface area contributed by atoms with E-state index in [1.54, 1.807) is 30.3 Å². The Balaban J connectivity index is 2.11. The summed E-state index contributed by atoms with van der Waals surface area (Å²) < 4.78 is 18.7. The van der Waals surface area contributed by atoms with E-state index in [0.29, 0.717) is 21.9 Å². The van der Waals surface area contributed by atoms with Crippen molar-refractivity contribution in [1.29, 1.82) is 5.26 Å². The monoisotopic (exact) mass is 291 g/mol. The van der Waals surface area contributed by atoms with E-state index < -0.39 is 5.82 Å². The number of rotatable bonds is 4. The number of aliphatic hydroxyl groups is 1. The molecule has 0 unspecified atom stereocenters. The summed E-state index contributed by atoms with van der Waals surface area (Å²) in [7, 11) is 0. The number of benzene rings is 2. The lowest BCUT2D eigenvalue weighted by molar-refractivity contribution is 0.281. The van der Waals surface area contributed by atoms with E-state index in [1.807, 2.05) is 0 Å². The molecule has 0 radical (unpaired) electrons. The maximum Gasteiger partial charge on any atom is 0.140 e. The van der Waals surface area contributed by atoms with Gasteiger partial charge in [-0.25, -0.2) is 4.39 Å². The molecule has 20 heavy (non-hydrogen) atoms. The molecule has 0 aliphatic heterocycles. The molecule has 0 saturated heterocycles. The van der Waals surface area contributed by atoms with Crippen molar-refractivity contribution < 1.29 is 14.2 Å². The van der Waals surface area contributed by atoms with Crippen LogP contribution in [0.4, 0.5) is 4.39 Å². The minimum Gasteiger partial charge on any atom is -0.487 e. The fraction of sp³-hybridized carbons (Fsp3) is 0.133. The third-order valence-electron chi connectivity index (χ3n) is 2.72. The van der Waals surface area contributed by atoms with Crippen molar-refractivity contribution in [2.45, 2.75) is 13.2 Å². The molecule has 0 fully saturated rings. The highest BCUT2D eigenvalue weighted by atomic mass is 35.5. The summed E-state index contributed by atoms with van der Waals surface area (Å²) >= 11 is 6.01. The normalized spacial score (nSPS) is 10.1. The minimum atomic E-state index is -0.554. The number of ether oxygens (including phenoxy) is 1. The molecule has 0 heterocycles. The van der Waals surface area contributed by atoms with Gasteiger partial charge in [0.25, 0.3) is 0 Å². The fourth-order valence-electron chi connectivity index (χ4n) is 1.67. The van der Waals surface area contributed by atoms with Crippen molar-refractivity contribution in [2.24, 2.45) is 0 Å². The van der Waals surface area contributed by atoms with Gasteiger partial charge in [0.15, 0.2) is 0 Å². The van der Waals surface area contributed by atoms with E-state index in [2.05, 4.69) is 0 Å². The summed E-state index contributed by atoms with van der Waals surface area (Å²) in [5.74, 6) is -0.0896. The zero-order chi connectivity index (χ0) is 14.5. The van der Waals surface area contributed by atoms with E-state index in [9.17, 15) is 4.39 Å². The molecule has 0 amide bonds. The average molecular weight is 292 g/mol. The van der Waals surface area contributed by atoms with Crippen molar-refractivity contribution in [3.63, 3.8) is 0 Å². The Kier molecular flexibility index (Phi) is 4.57. The van der Waals surface area contributed by atoms with Crippen molar-refractivity contribution in [1.82, 2.24) is 0 Å². The number of aliphatic hydroxyl groups excluding tert-OH is 1. The standard InChI is InChI=1S/C15H11ClFNO2/c16-13-6-10(8-19)2-4-15(13)20-9-11-1-3-14(17)12(5-11)7-18/h1-6,19H,8-9H2. The second-order valence-corrected chi connectivity index (χ2v) is 4.54. The first-order chi connectivity index (χ1) is 9.63. The second-order valence-electron chi connectivity index (χ2n) is 4.14. The van der Waals surface area contributed by atoms with Gasteiger partial charge in [0.1, 0.15) is 24.2 Å². The summed E-state index contributed by atoms with van der Waals surface area (Å²) in [6.45, 7) is 0.0800. The van der Waals surface area contributed by atoms with Crippen LogP contribution in [0.5, 0.6) is 5.75 Å². The first-order valence-electron chi connectivity index (χ1n) is 5.84. The summed E-state index contributed by atoms with van der Waals surface area (Å²) in [4.78, 5) is 0. The Hall–Kier alpha value is -2.09. The fourth-order valence-corrected chi connectivity index (χ4v) is 1.93. The molecule has 0 aliphatic carbocycles. The molecule has 102 valence electrons. The van der Waals surface area contributed by atoms with Gasteiger partial charge in [-0.1, -0.05) is 23.7 Å². The third kappa shape index (κ3) is 3.27. The van der Waals surface area contributed by atoms with Gasteiger partial charge in [-0.05, 0) is 35.4 Å². The zero-order valence-corrected chi connectivity index (χ0v) is 11.2. The lowest BCUT2D eigenvalue weighted by Crippen LogP contribution is -1.98. The Morgan fingerprint density at radius 2 is 1.95 bits per heavy atom. The molecule has 2 aromatic rings. The average Bonchev–Trinajstić information content (AvgIpc) is 2.47. The van der Waals surface area contributed by atoms with E-state index in [-0.39, 0.29) is 18.8 Å². The summed E-state index contributed by atoms with van der Waals surface area (Å²) in [5.41, 5.74) is 1.34. The molecule has 0 atom stereocenters. The SMILES string of the molecule is N#Cc1cc(COc2ccc(CO)cc2Cl)ccc1F. The zero-order valence-electron chi connectivity index (χ0n) is 10.4. The van der Waals surface area contributed by atoms with Crippen LogP contribution >= 0.6 is 11.6 Å². The van der Waals surface area contributed by atoms with Crippen LogP contribution in [0.1, 0.15) is 16.7 Å². The summed E-state index contributed by atoms with van der Waals surface area (Å²) in [6, 6.07) is 11.0. The topological polar surface area (TPSA) is 53.2 Å². The van der Waals surface area contributed by atoms with Crippen LogP contribution in [0.3, 0.4) is 0 Å². The van der Waals surface area contributed by atoms with Gasteiger partial charge in [0.2, 0.25) is 0 Å². The van der Waals surface area contributed by atoms with Gasteiger partial charge < -0.3 is 9.84 Å². The van der Waals surface area contributed by atoms with Gasteiger partial charge in [0, 0.05) is 0 Å². The van der Waals surface area contributed by atoms with E-state index in [1.165, 1.54) is 12.1 Å². The number of nitrogens with zero attached hydrogens (tertiary/aromatic N) is 1. The molecule has 0 saturated carbocycles. The van der Waals surface area contributed by atoms with E-state index >= 15 is 0 Å². The number of halogens is 2. The second kappa shape index (κ2) is 6.38. The molecule has 0 aliphatic rings. The highest BCUT2D eigenvalue weighted by Gasteiger charge is 2.06. The van der Waals surface area contributed by atoms with Crippen LogP contribution in [0.2, 0.25) is 5.02 Å². The van der Waals surface area contributed by atoms with Crippen LogP contribution in [-0.4, -0.2) is 5.11 Å². The minimum absolute atomic E-state index is 0.0205. The van der Waals surface area contributed by atoms with Gasteiger partial charge in [0.05, 0.1) is 17.2 Å². The Morgan fingerprint density at radius 1 is 1.20 bits per heavy atom. The maximum atomic E-state index is 13.2. The lowest BCUT2D eigenvalue weighted by Gasteiger charge is -2.09. The van der Waals surface area contributed by atoms with E-state index in [4.69, 9.17) is 26.7 Å². The largest absolute Gasteiger partial charge is 0.487 e. The van der Waals surface area contributed by atoms with Gasteiger partial charge in [-0.3, -0.25) is 0 Å². The Bertz CT molecular complexity index is 667. The van der Waals surface area contributed by atoms with Crippen LogP contribution in [0.15, 0.2) is 36.4 Å². The summed E-state index contributed by atoms with van der Waals surface area (Å²) in [5, 5.41) is 18.1. The predicted molar refractivity (Wildman–Crippen MR) is 72.8 cm³/mol. The van der Waals surface area contributed by atoms with Gasteiger partial charge in [-0.15, -0.1) is 0 Å². The number of nitriles is 1. The van der Waals surface area contributed by atoms with Crippen LogP contribution in [-0.2, 0) is 13.2 Å². The van der Waals surface area contributed by atoms with Crippen molar-refractivity contribution in [2.75, 3.05) is 0 Å². The third-order valence-corrected chi connectivity index (χ3v) is 3.02. The molecule has 1 N–H and O–H groups in total. The van der Waals surface area contributed by atoms with Crippen molar-refractivity contribution in [3.8, 4) is 11.8 Å². The van der Waals surface area contributed by atoms with Crippen LogP contribution in [0, 0.1) is 17.1 Å². The Morgan fingerprint density at radius 3 is 2.60 bits per heavy atom. The summed E-state index contributed by atoms with van der Waals surface area (Å²) in [6.07, 6.45) is 0. The van der Waals surface area contributed by atoms with E-state index in [0.717, 1.165) is 0 Å². The van der Waals surface area contributed by atoms with Gasteiger partial charge in [-0.2, -0.15) is 5.26 Å². The predicted octanol–water partition coefficient (Wildman–Crippen LogP) is 3.42. The molecular weight excluding hydrogens is 281 g/mol. The molecule has 0 spiro atoms. The van der Waals surface area contributed by atoms with Crippen molar-refractivity contribution >= 4 is 11.6 Å². The molecule has 2 aromatic carbocycles. The molecule has 5 heteroatoms. The van der Waals surface area contributed by atoms with Crippen LogP contribution in [0.25, 0.3) is 0 Å². The quantitative estimate of drug-likeness (QED) is 0.939. The molecular formula is C15H11ClFNO2. The highest BCUT2D eigenvalue weighted by Crippen LogP contribution is 2.26. The first-order valence-corrected chi connectivity index (χ1v) is 6.22. The maximum absolute atomic E-state index is 13.2. The number of hydrogen-bond donors (Lipinski definition) is 1. The molecule has 3 nitrogen and oxygen atoms in total. The first kappa shape index (κ1) is 14.3. The Labute approximate surface area is 120 Å². The van der Waals surface area contributed by atoms with Gasteiger partial charge >= 0.3 is 0 Å².